The highest BCUT2D eigenvalue weighted by Gasteiger charge is 2.07. The minimum Gasteiger partial charge on any atom is -0.0654 e. The van der Waals surface area contributed by atoms with Crippen LogP contribution in [0, 0.1) is 6.92 Å². The van der Waals surface area contributed by atoms with E-state index >= 15 is 0 Å². The van der Waals surface area contributed by atoms with Gasteiger partial charge < -0.3 is 0 Å². The van der Waals surface area contributed by atoms with E-state index in [4.69, 9.17) is 0 Å². The van der Waals surface area contributed by atoms with Gasteiger partial charge in [0.05, 0.1) is 0 Å². The summed E-state index contributed by atoms with van der Waals surface area (Å²) in [6.07, 6.45) is 40.7. The average Bonchev–Trinajstić information content (AvgIpc) is 2.93. The lowest BCUT2D eigenvalue weighted by molar-refractivity contribution is 0.538. The highest BCUT2D eigenvalue weighted by Crippen LogP contribution is 2.22. The van der Waals surface area contributed by atoms with E-state index in [-0.39, 0.29) is 0 Å². The number of benzene rings is 1. The van der Waals surface area contributed by atoms with E-state index in [9.17, 15) is 0 Å². The van der Waals surface area contributed by atoms with Crippen molar-refractivity contribution in [1.29, 1.82) is 0 Å². The molecular formula is C38H69. The second kappa shape index (κ2) is 27.8. The number of unbranched alkanes of at least 4 members (excludes halogenated alkanes) is 24. The van der Waals surface area contributed by atoms with Crippen molar-refractivity contribution >= 4 is 0 Å². The molecule has 0 aromatic heterocycles. The molecule has 0 aliphatic carbocycles. The molecule has 0 N–H and O–H groups in total. The molecular weight excluding hydrogens is 456 g/mol. The van der Waals surface area contributed by atoms with Crippen LogP contribution >= 0.6 is 0 Å². The molecule has 1 aromatic rings. The van der Waals surface area contributed by atoms with E-state index in [1.807, 2.05) is 0 Å². The fourth-order valence-electron chi connectivity index (χ4n) is 6.14. The summed E-state index contributed by atoms with van der Waals surface area (Å²) in [6.45, 7) is 8.91. The highest BCUT2D eigenvalue weighted by molar-refractivity contribution is 5.36. The smallest absolute Gasteiger partial charge is 0.0273 e. The maximum Gasteiger partial charge on any atom is -0.0273 e. The fraction of sp³-hybridized carbons (Fsp3) is 0.816. The highest BCUT2D eigenvalue weighted by atomic mass is 14.1. The molecule has 1 radical (unpaired) electrons. The fourth-order valence-corrected chi connectivity index (χ4v) is 6.14. The van der Waals surface area contributed by atoms with Crippen LogP contribution in [0.25, 0.3) is 0 Å². The first-order valence-electron chi connectivity index (χ1n) is 17.7. The molecule has 1 rings (SSSR count). The maximum absolute atomic E-state index is 4.30. The molecule has 0 heterocycles. The van der Waals surface area contributed by atoms with Gasteiger partial charge in [0.25, 0.3) is 0 Å². The SMILES string of the molecule is [CH2]Cc1c(CCCCCCCCCCCCCCC)cccc1CCCCCCCCCCCCCCC. The lowest BCUT2D eigenvalue weighted by Crippen LogP contribution is -2.00. The minimum absolute atomic E-state index is 0.961. The van der Waals surface area contributed by atoms with E-state index in [1.54, 1.807) is 16.7 Å². The predicted molar refractivity (Wildman–Crippen MR) is 174 cm³/mol. The van der Waals surface area contributed by atoms with Gasteiger partial charge >= 0.3 is 0 Å². The molecule has 0 aliphatic heterocycles. The molecule has 0 saturated carbocycles. The second-order valence-corrected chi connectivity index (χ2v) is 12.3. The van der Waals surface area contributed by atoms with Gasteiger partial charge in [0.15, 0.2) is 0 Å². The van der Waals surface area contributed by atoms with Crippen LogP contribution in [-0.4, -0.2) is 0 Å². The van der Waals surface area contributed by atoms with Crippen molar-refractivity contribution in [2.45, 2.75) is 200 Å². The lowest BCUT2D eigenvalue weighted by atomic mass is 9.92. The molecule has 0 nitrogen and oxygen atoms in total. The standard InChI is InChI=1S/C38H69/c1-4-7-9-11-13-15-17-19-21-23-25-27-29-32-36-34-31-35-37(38(36)6-3)33-30-28-26-24-22-20-18-16-14-12-10-8-5-2/h31,34-35H,3-30,32-33H2,1-2H3. The average molecular weight is 526 g/mol. The van der Waals surface area contributed by atoms with Crippen molar-refractivity contribution in [2.24, 2.45) is 0 Å². The Kier molecular flexibility index (Phi) is 25.8. The molecule has 38 heavy (non-hydrogen) atoms. The quantitative estimate of drug-likeness (QED) is 0.0912. The summed E-state index contributed by atoms with van der Waals surface area (Å²) in [4.78, 5) is 0. The van der Waals surface area contributed by atoms with Crippen LogP contribution in [0.3, 0.4) is 0 Å². The third-order valence-electron chi connectivity index (χ3n) is 8.72. The maximum atomic E-state index is 4.30. The zero-order valence-electron chi connectivity index (χ0n) is 26.4. The van der Waals surface area contributed by atoms with Gasteiger partial charge in [-0.05, 0) is 55.7 Å². The van der Waals surface area contributed by atoms with Gasteiger partial charge in [-0.3, -0.25) is 0 Å². The molecule has 0 unspecified atom stereocenters. The molecule has 0 spiro atoms. The molecule has 0 heteroatoms. The zero-order chi connectivity index (χ0) is 27.4. The Bertz CT molecular complexity index is 552. The van der Waals surface area contributed by atoms with Crippen molar-refractivity contribution in [3.8, 4) is 0 Å². The van der Waals surface area contributed by atoms with Crippen LogP contribution in [0.2, 0.25) is 0 Å². The van der Waals surface area contributed by atoms with Gasteiger partial charge in [-0.2, -0.15) is 0 Å². The Morgan fingerprint density at radius 1 is 0.395 bits per heavy atom. The van der Waals surface area contributed by atoms with Gasteiger partial charge in [0, 0.05) is 0 Å². The zero-order valence-corrected chi connectivity index (χ0v) is 26.4. The van der Waals surface area contributed by atoms with Crippen LogP contribution < -0.4 is 0 Å². The van der Waals surface area contributed by atoms with Crippen LogP contribution in [-0.2, 0) is 19.3 Å². The Labute approximate surface area is 241 Å². The predicted octanol–water partition coefficient (Wildman–Crippen LogP) is 13.3. The van der Waals surface area contributed by atoms with Crippen molar-refractivity contribution < 1.29 is 0 Å². The first kappa shape index (κ1) is 35.2. The van der Waals surface area contributed by atoms with Crippen LogP contribution in [0.4, 0.5) is 0 Å². The molecule has 1 aromatic carbocycles. The van der Waals surface area contributed by atoms with Crippen molar-refractivity contribution in [2.75, 3.05) is 0 Å². The second-order valence-electron chi connectivity index (χ2n) is 12.3. The van der Waals surface area contributed by atoms with E-state index < -0.39 is 0 Å². The first-order chi connectivity index (χ1) is 18.8. The summed E-state index contributed by atoms with van der Waals surface area (Å²) in [6, 6.07) is 7.08. The summed E-state index contributed by atoms with van der Waals surface area (Å²) < 4.78 is 0. The summed E-state index contributed by atoms with van der Waals surface area (Å²) in [5, 5.41) is 0. The van der Waals surface area contributed by atoms with Crippen molar-refractivity contribution in [3.05, 3.63) is 41.8 Å². The monoisotopic (exact) mass is 526 g/mol. The van der Waals surface area contributed by atoms with E-state index in [0.717, 1.165) is 6.42 Å². The van der Waals surface area contributed by atoms with E-state index in [0.29, 0.717) is 0 Å². The third-order valence-corrected chi connectivity index (χ3v) is 8.72. The summed E-state index contributed by atoms with van der Waals surface area (Å²) >= 11 is 0. The molecule has 0 saturated heterocycles. The van der Waals surface area contributed by atoms with Gasteiger partial charge in [-0.15, -0.1) is 0 Å². The molecule has 0 fully saturated rings. The summed E-state index contributed by atoms with van der Waals surface area (Å²) in [7, 11) is 0. The molecule has 221 valence electrons. The Hall–Kier alpha value is -0.780. The van der Waals surface area contributed by atoms with E-state index in [2.05, 4.69) is 39.0 Å². The van der Waals surface area contributed by atoms with Crippen molar-refractivity contribution in [3.63, 3.8) is 0 Å². The number of aryl methyl sites for hydroxylation is 2. The van der Waals surface area contributed by atoms with Crippen molar-refractivity contribution in [1.82, 2.24) is 0 Å². The van der Waals surface area contributed by atoms with Crippen LogP contribution in [0.5, 0.6) is 0 Å². The van der Waals surface area contributed by atoms with Crippen LogP contribution in [0.1, 0.15) is 197 Å². The molecule has 0 aliphatic rings. The number of hydrogen-bond acceptors (Lipinski definition) is 0. The number of rotatable bonds is 29. The molecule has 0 atom stereocenters. The Morgan fingerprint density at radius 2 is 0.658 bits per heavy atom. The largest absolute Gasteiger partial charge is 0.0654 e. The Morgan fingerprint density at radius 3 is 0.921 bits per heavy atom. The first-order valence-corrected chi connectivity index (χ1v) is 17.7. The van der Waals surface area contributed by atoms with Gasteiger partial charge in [-0.1, -0.05) is 186 Å². The number of hydrogen-bond donors (Lipinski definition) is 0. The topological polar surface area (TPSA) is 0 Å². The lowest BCUT2D eigenvalue weighted by Gasteiger charge is -2.14. The normalized spacial score (nSPS) is 11.4. The van der Waals surface area contributed by atoms with E-state index in [1.165, 1.54) is 180 Å². The minimum atomic E-state index is 0.961. The van der Waals surface area contributed by atoms with Gasteiger partial charge in [0.1, 0.15) is 0 Å². The summed E-state index contributed by atoms with van der Waals surface area (Å²) in [5.41, 5.74) is 4.76. The molecule has 0 bridgehead atoms. The third kappa shape index (κ3) is 20.2. The van der Waals surface area contributed by atoms with Gasteiger partial charge in [-0.25, -0.2) is 0 Å². The Balaban J connectivity index is 2.05. The summed E-state index contributed by atoms with van der Waals surface area (Å²) in [5.74, 6) is 0. The van der Waals surface area contributed by atoms with Gasteiger partial charge in [0.2, 0.25) is 0 Å². The van der Waals surface area contributed by atoms with Crippen LogP contribution in [0.15, 0.2) is 18.2 Å². The molecule has 0 amide bonds.